The Kier molecular flexibility index (Phi) is 4.88. The third kappa shape index (κ3) is 4.93. The van der Waals surface area contributed by atoms with Gasteiger partial charge in [0.25, 0.3) is 0 Å². The Morgan fingerprint density at radius 1 is 1.27 bits per heavy atom. The zero-order chi connectivity index (χ0) is 16.2. The summed E-state index contributed by atoms with van der Waals surface area (Å²) in [6.45, 7) is 5.74. The van der Waals surface area contributed by atoms with Gasteiger partial charge in [-0.1, -0.05) is 6.07 Å². The summed E-state index contributed by atoms with van der Waals surface area (Å²) >= 11 is 0. The summed E-state index contributed by atoms with van der Waals surface area (Å²) in [6, 6.07) is 9.05. The van der Waals surface area contributed by atoms with E-state index in [-0.39, 0.29) is 12.6 Å². The van der Waals surface area contributed by atoms with Crippen LogP contribution in [0, 0.1) is 13.8 Å². The van der Waals surface area contributed by atoms with Crippen molar-refractivity contribution in [2.45, 2.75) is 32.8 Å². The number of carbonyl (C=O) groups is 1. The van der Waals surface area contributed by atoms with Crippen molar-refractivity contribution in [3.05, 3.63) is 53.5 Å². The molecule has 0 aliphatic heterocycles. The van der Waals surface area contributed by atoms with Crippen molar-refractivity contribution in [2.24, 2.45) is 0 Å². The van der Waals surface area contributed by atoms with Crippen molar-refractivity contribution in [3.63, 3.8) is 0 Å². The minimum atomic E-state index is -1.07. The molecule has 2 amide bonds. The summed E-state index contributed by atoms with van der Waals surface area (Å²) in [5.41, 5.74) is 1.83. The molecule has 2 aromatic rings. The summed E-state index contributed by atoms with van der Waals surface area (Å²) in [6.07, 6.45) is 1.90. The largest absolute Gasteiger partial charge is 0.469 e. The normalized spacial score (nSPS) is 13.5. The predicted molar refractivity (Wildman–Crippen MR) is 86.0 cm³/mol. The van der Waals surface area contributed by atoms with E-state index in [0.717, 1.165) is 16.8 Å². The van der Waals surface area contributed by atoms with Crippen LogP contribution in [0.4, 0.5) is 10.5 Å². The maximum Gasteiger partial charge on any atom is 0.319 e. The molecule has 0 spiro atoms. The highest BCUT2D eigenvalue weighted by Crippen LogP contribution is 2.15. The highest BCUT2D eigenvalue weighted by molar-refractivity contribution is 5.89. The number of hydrogen-bond acceptors (Lipinski definition) is 3. The maximum atomic E-state index is 11.9. The number of rotatable bonds is 5. The van der Waals surface area contributed by atoms with Gasteiger partial charge in [-0.3, -0.25) is 0 Å². The molecule has 0 aliphatic carbocycles. The van der Waals surface area contributed by atoms with Crippen molar-refractivity contribution >= 4 is 11.7 Å². The van der Waals surface area contributed by atoms with Gasteiger partial charge in [0.2, 0.25) is 0 Å². The SMILES string of the molecule is Cc1cc(C)cc(NC(=O)NCC(C)(O)Cc2ccco2)c1. The first kappa shape index (κ1) is 16.1. The molecule has 0 saturated heterocycles. The second-order valence-corrected chi connectivity index (χ2v) is 5.94. The lowest BCUT2D eigenvalue weighted by Gasteiger charge is -2.22. The molecule has 1 aromatic carbocycles. The van der Waals surface area contributed by atoms with Gasteiger partial charge >= 0.3 is 6.03 Å². The first-order valence-corrected chi connectivity index (χ1v) is 7.22. The van der Waals surface area contributed by atoms with Gasteiger partial charge in [0.05, 0.1) is 11.9 Å². The molecule has 0 radical (unpaired) electrons. The Balaban J connectivity index is 1.86. The maximum absolute atomic E-state index is 11.9. The topological polar surface area (TPSA) is 74.5 Å². The minimum Gasteiger partial charge on any atom is -0.469 e. The number of urea groups is 1. The predicted octanol–water partition coefficient (Wildman–Crippen LogP) is 3.01. The minimum absolute atomic E-state index is 0.129. The van der Waals surface area contributed by atoms with Crippen LogP contribution in [0.2, 0.25) is 0 Å². The summed E-state index contributed by atoms with van der Waals surface area (Å²) < 4.78 is 5.21. The summed E-state index contributed by atoms with van der Waals surface area (Å²) in [7, 11) is 0. The van der Waals surface area contributed by atoms with Crippen molar-refractivity contribution in [2.75, 3.05) is 11.9 Å². The van der Waals surface area contributed by atoms with Crippen molar-refractivity contribution < 1.29 is 14.3 Å². The first-order chi connectivity index (χ1) is 10.3. The lowest BCUT2D eigenvalue weighted by atomic mass is 10.0. The van der Waals surface area contributed by atoms with Gasteiger partial charge < -0.3 is 20.2 Å². The van der Waals surface area contributed by atoms with Gasteiger partial charge in [-0.2, -0.15) is 0 Å². The Bertz CT molecular complexity index is 613. The smallest absolute Gasteiger partial charge is 0.319 e. The quantitative estimate of drug-likeness (QED) is 0.795. The molecule has 118 valence electrons. The Morgan fingerprint density at radius 2 is 1.95 bits per heavy atom. The van der Waals surface area contributed by atoms with Crippen LogP contribution in [0.1, 0.15) is 23.8 Å². The van der Waals surface area contributed by atoms with E-state index in [1.54, 1.807) is 25.3 Å². The zero-order valence-corrected chi connectivity index (χ0v) is 13.1. The van der Waals surface area contributed by atoms with E-state index in [1.807, 2.05) is 32.0 Å². The number of carbonyl (C=O) groups excluding carboxylic acids is 1. The third-order valence-electron chi connectivity index (χ3n) is 3.24. The number of hydrogen-bond donors (Lipinski definition) is 3. The molecule has 0 aliphatic rings. The fraction of sp³-hybridized carbons (Fsp3) is 0.353. The van der Waals surface area contributed by atoms with Crippen LogP contribution in [-0.4, -0.2) is 23.3 Å². The lowest BCUT2D eigenvalue weighted by Crippen LogP contribution is -2.43. The molecular weight excluding hydrogens is 280 g/mol. The summed E-state index contributed by atoms with van der Waals surface area (Å²) in [5.74, 6) is 0.682. The Labute approximate surface area is 130 Å². The summed E-state index contributed by atoms with van der Waals surface area (Å²) in [4.78, 5) is 11.9. The van der Waals surface area contributed by atoms with Crippen LogP contribution < -0.4 is 10.6 Å². The second kappa shape index (κ2) is 6.66. The molecule has 1 unspecified atom stereocenters. The molecule has 3 N–H and O–H groups in total. The van der Waals surface area contributed by atoms with Gasteiger partial charge in [0, 0.05) is 18.7 Å². The van der Waals surface area contributed by atoms with E-state index in [9.17, 15) is 9.90 Å². The molecule has 0 bridgehead atoms. The van der Waals surface area contributed by atoms with E-state index in [0.29, 0.717) is 12.2 Å². The first-order valence-electron chi connectivity index (χ1n) is 7.22. The molecular formula is C17H22N2O3. The number of benzene rings is 1. The highest BCUT2D eigenvalue weighted by Gasteiger charge is 2.23. The van der Waals surface area contributed by atoms with Crippen LogP contribution in [-0.2, 0) is 6.42 Å². The molecule has 2 rings (SSSR count). The standard InChI is InChI=1S/C17H22N2O3/c1-12-7-13(2)9-14(8-12)19-16(20)18-11-17(3,21)10-15-5-4-6-22-15/h4-9,21H,10-11H2,1-3H3,(H2,18,19,20). The van der Waals surface area contributed by atoms with Gasteiger partial charge in [-0.15, -0.1) is 0 Å². The fourth-order valence-corrected chi connectivity index (χ4v) is 2.34. The van der Waals surface area contributed by atoms with Crippen LogP contribution >= 0.6 is 0 Å². The number of amides is 2. The van der Waals surface area contributed by atoms with Gasteiger partial charge in [0.1, 0.15) is 5.76 Å². The fourth-order valence-electron chi connectivity index (χ4n) is 2.34. The van der Waals surface area contributed by atoms with Crippen LogP contribution in [0.25, 0.3) is 0 Å². The Morgan fingerprint density at radius 3 is 2.55 bits per heavy atom. The molecule has 0 fully saturated rings. The molecule has 1 heterocycles. The third-order valence-corrected chi connectivity index (χ3v) is 3.24. The lowest BCUT2D eigenvalue weighted by molar-refractivity contribution is 0.0577. The van der Waals surface area contributed by atoms with Gasteiger partial charge in [-0.25, -0.2) is 4.79 Å². The van der Waals surface area contributed by atoms with Crippen LogP contribution in [0.15, 0.2) is 41.0 Å². The van der Waals surface area contributed by atoms with E-state index in [1.165, 1.54) is 0 Å². The monoisotopic (exact) mass is 302 g/mol. The Hall–Kier alpha value is -2.27. The van der Waals surface area contributed by atoms with Crippen LogP contribution in [0.3, 0.4) is 0 Å². The van der Waals surface area contributed by atoms with E-state index in [2.05, 4.69) is 10.6 Å². The van der Waals surface area contributed by atoms with Crippen molar-refractivity contribution in [3.8, 4) is 0 Å². The molecule has 1 atom stereocenters. The van der Waals surface area contributed by atoms with E-state index >= 15 is 0 Å². The van der Waals surface area contributed by atoms with E-state index in [4.69, 9.17) is 4.42 Å². The zero-order valence-electron chi connectivity index (χ0n) is 13.1. The molecule has 5 nitrogen and oxygen atoms in total. The number of furan rings is 1. The number of anilines is 1. The molecule has 22 heavy (non-hydrogen) atoms. The van der Waals surface area contributed by atoms with Crippen LogP contribution in [0.5, 0.6) is 0 Å². The van der Waals surface area contributed by atoms with E-state index < -0.39 is 5.60 Å². The molecule has 0 saturated carbocycles. The molecule has 5 heteroatoms. The average Bonchev–Trinajstić information content (AvgIpc) is 2.87. The second-order valence-electron chi connectivity index (χ2n) is 5.94. The average molecular weight is 302 g/mol. The van der Waals surface area contributed by atoms with Crippen molar-refractivity contribution in [1.82, 2.24) is 5.32 Å². The molecule has 1 aromatic heterocycles. The van der Waals surface area contributed by atoms with Crippen molar-refractivity contribution in [1.29, 1.82) is 0 Å². The number of nitrogens with one attached hydrogen (secondary N) is 2. The highest BCUT2D eigenvalue weighted by atomic mass is 16.3. The number of aliphatic hydroxyl groups is 1. The van der Waals surface area contributed by atoms with Gasteiger partial charge in [0.15, 0.2) is 0 Å². The number of aryl methyl sites for hydroxylation is 2. The van der Waals surface area contributed by atoms with Gasteiger partial charge in [-0.05, 0) is 56.2 Å². The summed E-state index contributed by atoms with van der Waals surface area (Å²) in [5, 5.41) is 15.7.